The first-order valence-corrected chi connectivity index (χ1v) is 9.83. The fourth-order valence-electron chi connectivity index (χ4n) is 3.78. The molecular formula is C21H23N5O4. The number of fused-ring (bicyclic) bond motifs is 1. The monoisotopic (exact) mass is 409 g/mol. The molecular weight excluding hydrogens is 386 g/mol. The van der Waals surface area contributed by atoms with Crippen molar-refractivity contribution in [2.75, 3.05) is 38.2 Å². The number of rotatable bonds is 5. The standard InChI is InChI=1S/C21H23N5O4/c1-30-17-8-6-16(7-9-17)15-23-10-4-11-24(14-13-23)20-19(26(28)29)21(27)25-12-3-2-5-18(25)22-20/h2-3,5-9,12H,4,10-11,13-15H2,1H3. The van der Waals surface area contributed by atoms with Crippen molar-refractivity contribution in [2.45, 2.75) is 13.0 Å². The third kappa shape index (κ3) is 3.97. The Labute approximate surface area is 173 Å². The number of aromatic nitrogens is 2. The average Bonchev–Trinajstić information content (AvgIpc) is 2.99. The lowest BCUT2D eigenvalue weighted by Crippen LogP contribution is -2.33. The third-order valence-electron chi connectivity index (χ3n) is 5.33. The van der Waals surface area contributed by atoms with Crippen molar-refractivity contribution in [1.82, 2.24) is 14.3 Å². The lowest BCUT2D eigenvalue weighted by Gasteiger charge is -2.22. The molecule has 1 aliphatic heterocycles. The second-order valence-corrected chi connectivity index (χ2v) is 7.24. The smallest absolute Gasteiger partial charge is 0.376 e. The average molecular weight is 409 g/mol. The zero-order chi connectivity index (χ0) is 21.1. The van der Waals surface area contributed by atoms with E-state index in [-0.39, 0.29) is 5.82 Å². The van der Waals surface area contributed by atoms with Gasteiger partial charge in [-0.25, -0.2) is 4.98 Å². The maximum Gasteiger partial charge on any atom is 0.376 e. The quantitative estimate of drug-likeness (QED) is 0.472. The number of benzene rings is 1. The molecule has 1 fully saturated rings. The molecule has 1 saturated heterocycles. The van der Waals surface area contributed by atoms with E-state index in [9.17, 15) is 14.9 Å². The first-order valence-electron chi connectivity index (χ1n) is 9.83. The molecule has 3 heterocycles. The molecule has 30 heavy (non-hydrogen) atoms. The van der Waals surface area contributed by atoms with Crippen molar-refractivity contribution in [1.29, 1.82) is 0 Å². The van der Waals surface area contributed by atoms with E-state index in [2.05, 4.69) is 9.88 Å². The fraction of sp³-hybridized carbons (Fsp3) is 0.333. The Balaban J connectivity index is 1.56. The van der Waals surface area contributed by atoms with Crippen molar-refractivity contribution < 1.29 is 9.66 Å². The molecule has 0 atom stereocenters. The number of anilines is 1. The zero-order valence-electron chi connectivity index (χ0n) is 16.7. The molecule has 0 spiro atoms. The largest absolute Gasteiger partial charge is 0.497 e. The molecule has 1 aliphatic rings. The van der Waals surface area contributed by atoms with Gasteiger partial charge < -0.3 is 9.64 Å². The van der Waals surface area contributed by atoms with E-state index in [1.165, 1.54) is 16.2 Å². The normalized spacial score (nSPS) is 15.2. The summed E-state index contributed by atoms with van der Waals surface area (Å²) in [6.45, 7) is 3.54. The number of ether oxygens (including phenoxy) is 1. The van der Waals surface area contributed by atoms with Crippen LogP contribution in [0, 0.1) is 10.1 Å². The fourth-order valence-corrected chi connectivity index (χ4v) is 3.78. The summed E-state index contributed by atoms with van der Waals surface area (Å²) in [6.07, 6.45) is 2.32. The summed E-state index contributed by atoms with van der Waals surface area (Å²) in [7, 11) is 1.64. The van der Waals surface area contributed by atoms with Gasteiger partial charge in [0.25, 0.3) is 0 Å². The van der Waals surface area contributed by atoms with Gasteiger partial charge in [-0.2, -0.15) is 0 Å². The minimum Gasteiger partial charge on any atom is -0.497 e. The van der Waals surface area contributed by atoms with Crippen LogP contribution >= 0.6 is 0 Å². The summed E-state index contributed by atoms with van der Waals surface area (Å²) in [6, 6.07) is 13.1. The van der Waals surface area contributed by atoms with Gasteiger partial charge in [0.1, 0.15) is 11.4 Å². The number of nitrogens with zero attached hydrogens (tertiary/aromatic N) is 5. The topological polar surface area (TPSA) is 93.2 Å². The zero-order valence-corrected chi connectivity index (χ0v) is 16.7. The lowest BCUT2D eigenvalue weighted by atomic mass is 10.2. The van der Waals surface area contributed by atoms with Crippen LogP contribution in [0.2, 0.25) is 0 Å². The molecule has 1 aromatic carbocycles. The molecule has 4 rings (SSSR count). The van der Waals surface area contributed by atoms with Crippen molar-refractivity contribution in [3.8, 4) is 5.75 Å². The van der Waals surface area contributed by atoms with Crippen LogP contribution in [-0.4, -0.2) is 52.5 Å². The minimum atomic E-state index is -0.653. The van der Waals surface area contributed by atoms with Crippen molar-refractivity contribution >= 4 is 17.2 Å². The van der Waals surface area contributed by atoms with E-state index in [0.29, 0.717) is 18.7 Å². The van der Waals surface area contributed by atoms with Gasteiger partial charge in [0, 0.05) is 38.9 Å². The van der Waals surface area contributed by atoms with Gasteiger partial charge in [0.15, 0.2) is 0 Å². The second-order valence-electron chi connectivity index (χ2n) is 7.24. The van der Waals surface area contributed by atoms with E-state index in [0.717, 1.165) is 31.8 Å². The Kier molecular flexibility index (Phi) is 5.62. The third-order valence-corrected chi connectivity index (χ3v) is 5.33. The Morgan fingerprint density at radius 1 is 1.10 bits per heavy atom. The van der Waals surface area contributed by atoms with Crippen LogP contribution in [-0.2, 0) is 6.54 Å². The van der Waals surface area contributed by atoms with Gasteiger partial charge in [-0.15, -0.1) is 0 Å². The van der Waals surface area contributed by atoms with Gasteiger partial charge in [0.2, 0.25) is 5.82 Å². The molecule has 156 valence electrons. The van der Waals surface area contributed by atoms with Crippen molar-refractivity contribution in [3.63, 3.8) is 0 Å². The van der Waals surface area contributed by atoms with E-state index in [1.807, 2.05) is 29.2 Å². The predicted octanol–water partition coefficient (Wildman–Crippen LogP) is 2.32. The highest BCUT2D eigenvalue weighted by Gasteiger charge is 2.28. The molecule has 9 nitrogen and oxygen atoms in total. The molecule has 0 saturated carbocycles. The number of hydrogen-bond donors (Lipinski definition) is 0. The number of nitro groups is 1. The van der Waals surface area contributed by atoms with Gasteiger partial charge in [-0.1, -0.05) is 18.2 Å². The van der Waals surface area contributed by atoms with E-state index >= 15 is 0 Å². The molecule has 0 bridgehead atoms. The van der Waals surface area contributed by atoms with Gasteiger partial charge in [-0.3, -0.25) is 24.2 Å². The summed E-state index contributed by atoms with van der Waals surface area (Å²) in [5.74, 6) is 0.976. The molecule has 9 heteroatoms. The van der Waals surface area contributed by atoms with Crippen LogP contribution in [0.4, 0.5) is 11.5 Å². The van der Waals surface area contributed by atoms with Crippen LogP contribution in [0.15, 0.2) is 53.5 Å². The molecule has 0 radical (unpaired) electrons. The van der Waals surface area contributed by atoms with Crippen LogP contribution in [0.25, 0.3) is 5.65 Å². The number of methoxy groups -OCH3 is 1. The molecule has 3 aromatic rings. The van der Waals surface area contributed by atoms with Crippen LogP contribution in [0.5, 0.6) is 5.75 Å². The van der Waals surface area contributed by atoms with Crippen LogP contribution < -0.4 is 15.2 Å². The molecule has 0 aliphatic carbocycles. The van der Waals surface area contributed by atoms with E-state index in [4.69, 9.17) is 4.74 Å². The highest BCUT2D eigenvalue weighted by molar-refractivity contribution is 5.61. The summed E-state index contributed by atoms with van der Waals surface area (Å²) in [4.78, 5) is 32.4. The van der Waals surface area contributed by atoms with E-state index < -0.39 is 16.2 Å². The summed E-state index contributed by atoms with van der Waals surface area (Å²) in [5, 5.41) is 11.7. The molecule has 0 amide bonds. The SMILES string of the molecule is COc1ccc(CN2CCCN(c3nc4ccccn4c(=O)c3[N+](=O)[O-])CC2)cc1. The summed E-state index contributed by atoms with van der Waals surface area (Å²) >= 11 is 0. The van der Waals surface area contributed by atoms with Gasteiger partial charge >= 0.3 is 11.2 Å². The first-order chi connectivity index (χ1) is 14.6. The summed E-state index contributed by atoms with van der Waals surface area (Å²) in [5.41, 5.74) is 0.460. The van der Waals surface area contributed by atoms with Crippen molar-refractivity contribution in [2.24, 2.45) is 0 Å². The first kappa shape index (κ1) is 19.8. The molecule has 2 aromatic heterocycles. The Bertz CT molecular complexity index is 1110. The maximum atomic E-state index is 12.7. The Hall–Kier alpha value is -3.46. The molecule has 0 N–H and O–H groups in total. The van der Waals surface area contributed by atoms with E-state index in [1.54, 1.807) is 25.3 Å². The molecule has 0 unspecified atom stereocenters. The minimum absolute atomic E-state index is 0.155. The van der Waals surface area contributed by atoms with Crippen LogP contribution in [0.3, 0.4) is 0 Å². The van der Waals surface area contributed by atoms with Gasteiger partial charge in [-0.05, 0) is 36.2 Å². The Morgan fingerprint density at radius 2 is 1.90 bits per heavy atom. The maximum absolute atomic E-state index is 12.7. The highest BCUT2D eigenvalue weighted by atomic mass is 16.6. The second kappa shape index (κ2) is 8.50. The van der Waals surface area contributed by atoms with Crippen molar-refractivity contribution in [3.05, 3.63) is 74.7 Å². The van der Waals surface area contributed by atoms with Crippen LogP contribution in [0.1, 0.15) is 12.0 Å². The Morgan fingerprint density at radius 3 is 2.63 bits per heavy atom. The predicted molar refractivity (Wildman–Crippen MR) is 113 cm³/mol. The number of pyridine rings is 1. The highest BCUT2D eigenvalue weighted by Crippen LogP contribution is 2.24. The summed E-state index contributed by atoms with van der Waals surface area (Å²) < 4.78 is 6.42. The number of hydrogen-bond acceptors (Lipinski definition) is 7. The van der Waals surface area contributed by atoms with Gasteiger partial charge in [0.05, 0.1) is 12.0 Å². The lowest BCUT2D eigenvalue weighted by molar-refractivity contribution is -0.385.